The highest BCUT2D eigenvalue weighted by Crippen LogP contribution is 2.48. The third kappa shape index (κ3) is 3.65. The first-order chi connectivity index (χ1) is 12.7. The maximum absolute atomic E-state index is 10.7. The van der Waals surface area contributed by atoms with Crippen LogP contribution in [0.5, 0.6) is 0 Å². The average molecular weight is 380 g/mol. The van der Waals surface area contributed by atoms with Crippen molar-refractivity contribution in [3.8, 4) is 0 Å². The topological polar surface area (TPSA) is 75.6 Å². The smallest absolute Gasteiger partial charge is 0.189 e. The molecule has 0 aromatic heterocycles. The molecule has 1 aromatic rings. The molecule has 27 heavy (non-hydrogen) atoms. The zero-order valence-corrected chi connectivity index (χ0v) is 16.2. The quantitative estimate of drug-likeness (QED) is 0.837. The fourth-order valence-corrected chi connectivity index (χ4v) is 4.06. The molecule has 3 heterocycles. The van der Waals surface area contributed by atoms with Crippen LogP contribution in [0.4, 0.5) is 0 Å². The highest BCUT2D eigenvalue weighted by atomic mass is 16.8. The minimum absolute atomic E-state index is 0.143. The second-order valence-electron chi connectivity index (χ2n) is 8.29. The van der Waals surface area contributed by atoms with E-state index in [-0.39, 0.29) is 12.7 Å². The van der Waals surface area contributed by atoms with Gasteiger partial charge in [0.05, 0.1) is 19.8 Å². The third-order valence-electron chi connectivity index (χ3n) is 5.17. The molecule has 0 aliphatic carbocycles. The Morgan fingerprint density at radius 3 is 2.48 bits per heavy atom. The maximum Gasteiger partial charge on any atom is 0.189 e. The van der Waals surface area contributed by atoms with E-state index in [1.807, 2.05) is 58.0 Å². The Bertz CT molecular complexity index is 662. The lowest BCUT2D eigenvalue weighted by Crippen LogP contribution is -2.51. The monoisotopic (exact) mass is 380 g/mol. The van der Waals surface area contributed by atoms with Gasteiger partial charge in [0.15, 0.2) is 23.5 Å². The summed E-state index contributed by atoms with van der Waals surface area (Å²) in [5.41, 5.74) is -0.0678. The van der Waals surface area contributed by atoms with Crippen LogP contribution in [0.2, 0.25) is 0 Å². The summed E-state index contributed by atoms with van der Waals surface area (Å²) in [5.74, 6) is -1.55. The number of hydrogen-bond donors (Lipinski definition) is 1. The van der Waals surface area contributed by atoms with E-state index in [2.05, 4.69) is 0 Å². The van der Waals surface area contributed by atoms with E-state index < -0.39 is 35.7 Å². The highest BCUT2D eigenvalue weighted by molar-refractivity contribution is 5.14. The molecule has 5 atom stereocenters. The molecule has 3 aliphatic rings. The molecule has 0 bridgehead atoms. The number of fused-ring (bicyclic) bond motifs is 1. The van der Waals surface area contributed by atoms with E-state index in [1.165, 1.54) is 0 Å². The van der Waals surface area contributed by atoms with E-state index in [1.54, 1.807) is 0 Å². The summed E-state index contributed by atoms with van der Waals surface area (Å²) in [5, 5.41) is 10.7. The van der Waals surface area contributed by atoms with Gasteiger partial charge in [0.2, 0.25) is 0 Å². The van der Waals surface area contributed by atoms with Crippen molar-refractivity contribution in [3.05, 3.63) is 35.9 Å². The molecule has 3 saturated heterocycles. The van der Waals surface area contributed by atoms with Crippen LogP contribution >= 0.6 is 0 Å². The Morgan fingerprint density at radius 2 is 1.81 bits per heavy atom. The van der Waals surface area contributed by atoms with Crippen molar-refractivity contribution < 1.29 is 33.5 Å². The zero-order chi connectivity index (χ0) is 19.3. The van der Waals surface area contributed by atoms with Gasteiger partial charge in [-0.25, -0.2) is 0 Å². The summed E-state index contributed by atoms with van der Waals surface area (Å²) in [6.07, 6.45) is -2.57. The van der Waals surface area contributed by atoms with Gasteiger partial charge in [0.1, 0.15) is 18.3 Å². The van der Waals surface area contributed by atoms with Crippen molar-refractivity contribution in [2.75, 3.05) is 13.2 Å². The van der Waals surface area contributed by atoms with Crippen LogP contribution in [0.25, 0.3) is 0 Å². The molecule has 3 aliphatic heterocycles. The van der Waals surface area contributed by atoms with Gasteiger partial charge in [0.25, 0.3) is 0 Å². The Labute approximate surface area is 159 Å². The largest absolute Gasteiger partial charge is 0.373 e. The lowest BCUT2D eigenvalue weighted by atomic mass is 9.94. The van der Waals surface area contributed by atoms with Crippen molar-refractivity contribution in [2.45, 2.75) is 76.1 Å². The number of rotatable bonds is 5. The second-order valence-corrected chi connectivity index (χ2v) is 8.29. The van der Waals surface area contributed by atoms with E-state index >= 15 is 0 Å². The molecule has 5 unspecified atom stereocenters. The predicted molar refractivity (Wildman–Crippen MR) is 94.6 cm³/mol. The fraction of sp³-hybridized carbons (Fsp3) is 0.700. The summed E-state index contributed by atoms with van der Waals surface area (Å²) in [6.45, 7) is 8.27. The van der Waals surface area contributed by atoms with Crippen LogP contribution in [0.15, 0.2) is 30.3 Å². The number of aliphatic hydroxyl groups is 1. The zero-order valence-electron chi connectivity index (χ0n) is 16.2. The first-order valence-electron chi connectivity index (χ1n) is 9.36. The Kier molecular flexibility index (Phi) is 4.83. The first kappa shape index (κ1) is 19.3. The van der Waals surface area contributed by atoms with Gasteiger partial charge in [-0.15, -0.1) is 0 Å². The summed E-state index contributed by atoms with van der Waals surface area (Å²) in [4.78, 5) is 0. The van der Waals surface area contributed by atoms with Crippen molar-refractivity contribution in [1.82, 2.24) is 0 Å². The number of aliphatic hydroxyl groups excluding tert-OH is 1. The molecule has 7 heteroatoms. The van der Waals surface area contributed by atoms with Gasteiger partial charge in [-0.3, -0.25) is 0 Å². The molecule has 150 valence electrons. The van der Waals surface area contributed by atoms with E-state index in [9.17, 15) is 5.11 Å². The standard InChI is InChI=1S/C20H28O7/c1-18(2)23-11-14(25-18)15-16-20(17(21)24-15,27-19(3,4)26-16)12-22-10-13-8-6-5-7-9-13/h5-9,14-17,21H,10-12H2,1-4H3. The summed E-state index contributed by atoms with van der Waals surface area (Å²) < 4.78 is 35.6. The number of hydrogen-bond acceptors (Lipinski definition) is 7. The van der Waals surface area contributed by atoms with Crippen molar-refractivity contribution in [3.63, 3.8) is 0 Å². The van der Waals surface area contributed by atoms with Crippen LogP contribution in [0, 0.1) is 0 Å². The number of ether oxygens (including phenoxy) is 6. The number of benzene rings is 1. The van der Waals surface area contributed by atoms with Crippen LogP contribution in [-0.2, 0) is 35.0 Å². The van der Waals surface area contributed by atoms with Gasteiger partial charge < -0.3 is 33.5 Å². The molecule has 3 fully saturated rings. The third-order valence-corrected chi connectivity index (χ3v) is 5.17. The highest BCUT2D eigenvalue weighted by Gasteiger charge is 2.68. The Balaban J connectivity index is 1.50. The molecule has 0 saturated carbocycles. The normalized spacial score (nSPS) is 39.6. The molecule has 0 amide bonds. The molecule has 0 radical (unpaired) electrons. The predicted octanol–water partition coefficient (Wildman–Crippen LogP) is 1.96. The molecular formula is C20H28O7. The van der Waals surface area contributed by atoms with Crippen molar-refractivity contribution in [1.29, 1.82) is 0 Å². The maximum atomic E-state index is 10.7. The minimum Gasteiger partial charge on any atom is -0.373 e. The molecule has 4 rings (SSSR count). The minimum atomic E-state index is -1.18. The molecule has 7 nitrogen and oxygen atoms in total. The summed E-state index contributed by atoms with van der Waals surface area (Å²) >= 11 is 0. The molecule has 1 N–H and O–H groups in total. The molecule has 1 aromatic carbocycles. The van der Waals surface area contributed by atoms with Gasteiger partial charge in [-0.2, -0.15) is 0 Å². The van der Waals surface area contributed by atoms with Crippen molar-refractivity contribution in [2.24, 2.45) is 0 Å². The van der Waals surface area contributed by atoms with Crippen LogP contribution in [0.3, 0.4) is 0 Å². The van der Waals surface area contributed by atoms with Gasteiger partial charge >= 0.3 is 0 Å². The van der Waals surface area contributed by atoms with Crippen LogP contribution in [0.1, 0.15) is 33.3 Å². The Morgan fingerprint density at radius 1 is 1.07 bits per heavy atom. The van der Waals surface area contributed by atoms with E-state index in [0.29, 0.717) is 13.2 Å². The van der Waals surface area contributed by atoms with Crippen LogP contribution < -0.4 is 0 Å². The lowest BCUT2D eigenvalue weighted by Gasteiger charge is -2.29. The SMILES string of the molecule is CC1(C)OCC(C2OC(O)C3(COCc4ccccc4)OC(C)(C)OC23)O1. The van der Waals surface area contributed by atoms with Crippen LogP contribution in [-0.4, -0.2) is 60.1 Å². The van der Waals surface area contributed by atoms with Crippen molar-refractivity contribution >= 4 is 0 Å². The van der Waals surface area contributed by atoms with Gasteiger partial charge in [0, 0.05) is 0 Å². The lowest BCUT2D eigenvalue weighted by molar-refractivity contribution is -0.263. The summed E-state index contributed by atoms with van der Waals surface area (Å²) in [7, 11) is 0. The first-order valence-corrected chi connectivity index (χ1v) is 9.36. The van der Waals surface area contributed by atoms with E-state index in [4.69, 9.17) is 28.4 Å². The van der Waals surface area contributed by atoms with E-state index in [0.717, 1.165) is 5.56 Å². The second kappa shape index (κ2) is 6.77. The summed E-state index contributed by atoms with van der Waals surface area (Å²) in [6, 6.07) is 9.85. The van der Waals surface area contributed by atoms with Gasteiger partial charge in [-0.1, -0.05) is 30.3 Å². The molecule has 0 spiro atoms. The Hall–Kier alpha value is -1.06. The fourth-order valence-electron chi connectivity index (χ4n) is 4.06. The molecular weight excluding hydrogens is 352 g/mol. The van der Waals surface area contributed by atoms with Gasteiger partial charge in [-0.05, 0) is 33.3 Å². The average Bonchev–Trinajstić information content (AvgIpc) is 3.17.